The largest absolute Gasteiger partial charge is 0.251 e. The van der Waals surface area contributed by atoms with E-state index in [0.29, 0.717) is 10.8 Å². The summed E-state index contributed by atoms with van der Waals surface area (Å²) in [7, 11) is -3.53. The summed E-state index contributed by atoms with van der Waals surface area (Å²) in [4.78, 5) is 0. The quantitative estimate of drug-likeness (QED) is 0.841. The van der Waals surface area contributed by atoms with Gasteiger partial charge in [0.1, 0.15) is 4.21 Å². The average molecular weight is 278 g/mol. The molecule has 0 aliphatic heterocycles. The molecule has 0 amide bonds. The molecule has 6 heteroatoms. The Kier molecular flexibility index (Phi) is 4.81. The zero-order valence-electron chi connectivity index (χ0n) is 8.73. The number of sulfonamides is 1. The molecule has 16 heavy (non-hydrogen) atoms. The van der Waals surface area contributed by atoms with Crippen molar-refractivity contribution in [1.82, 2.24) is 4.72 Å². The Labute approximate surface area is 105 Å². The number of halogens is 1. The zero-order chi connectivity index (χ0) is 12.2. The van der Waals surface area contributed by atoms with Crippen molar-refractivity contribution in [2.24, 2.45) is 0 Å². The van der Waals surface area contributed by atoms with E-state index in [0.717, 1.165) is 17.8 Å². The molecule has 1 unspecified atom stereocenters. The van der Waals surface area contributed by atoms with Gasteiger partial charge in [-0.15, -0.1) is 17.8 Å². The molecule has 0 bridgehead atoms. The van der Waals surface area contributed by atoms with Crippen molar-refractivity contribution in [1.29, 1.82) is 0 Å². The van der Waals surface area contributed by atoms with E-state index in [1.165, 1.54) is 6.07 Å². The van der Waals surface area contributed by atoms with Crippen molar-refractivity contribution in [3.8, 4) is 12.3 Å². The third-order valence-electron chi connectivity index (χ3n) is 1.89. The van der Waals surface area contributed by atoms with E-state index in [1.54, 1.807) is 6.07 Å². The van der Waals surface area contributed by atoms with Crippen LogP contribution in [0.4, 0.5) is 0 Å². The Morgan fingerprint density at radius 1 is 1.62 bits per heavy atom. The van der Waals surface area contributed by atoms with Gasteiger partial charge < -0.3 is 0 Å². The van der Waals surface area contributed by atoms with Gasteiger partial charge in [-0.05, 0) is 18.6 Å². The monoisotopic (exact) mass is 277 g/mol. The molecule has 1 heterocycles. The van der Waals surface area contributed by atoms with Crippen LogP contribution in [-0.4, -0.2) is 14.5 Å². The molecule has 0 spiro atoms. The van der Waals surface area contributed by atoms with Crippen molar-refractivity contribution in [3.63, 3.8) is 0 Å². The van der Waals surface area contributed by atoms with Crippen molar-refractivity contribution < 1.29 is 8.42 Å². The van der Waals surface area contributed by atoms with Crippen LogP contribution < -0.4 is 4.72 Å². The van der Waals surface area contributed by atoms with Crippen LogP contribution in [0.5, 0.6) is 0 Å². The van der Waals surface area contributed by atoms with E-state index in [1.807, 2.05) is 6.92 Å². The van der Waals surface area contributed by atoms with E-state index in [4.69, 9.17) is 18.0 Å². The minimum Gasteiger partial charge on any atom is -0.206 e. The molecule has 0 saturated heterocycles. The summed E-state index contributed by atoms with van der Waals surface area (Å²) >= 11 is 6.70. The van der Waals surface area contributed by atoms with Crippen molar-refractivity contribution in [2.75, 3.05) is 0 Å². The minimum absolute atomic E-state index is 0.189. The molecule has 1 rings (SSSR count). The summed E-state index contributed by atoms with van der Waals surface area (Å²) in [6.45, 7) is 1.95. The third-order valence-corrected chi connectivity index (χ3v) is 5.08. The number of hydrogen-bond acceptors (Lipinski definition) is 3. The van der Waals surface area contributed by atoms with E-state index in [-0.39, 0.29) is 4.21 Å². The highest BCUT2D eigenvalue weighted by molar-refractivity contribution is 7.91. The Balaban J connectivity index is 2.84. The minimum atomic E-state index is -3.53. The molecule has 1 aromatic heterocycles. The summed E-state index contributed by atoms with van der Waals surface area (Å²) in [6, 6.07) is 2.55. The van der Waals surface area contributed by atoms with Gasteiger partial charge in [0, 0.05) is 0 Å². The number of nitrogens with one attached hydrogen (secondary N) is 1. The molecular weight excluding hydrogens is 266 g/mol. The highest BCUT2D eigenvalue weighted by Crippen LogP contribution is 2.25. The lowest BCUT2D eigenvalue weighted by atomic mass is 10.2. The molecule has 0 radical (unpaired) electrons. The number of thiophene rings is 1. The second-order valence-electron chi connectivity index (χ2n) is 3.19. The maximum atomic E-state index is 11.8. The lowest BCUT2D eigenvalue weighted by Crippen LogP contribution is -2.33. The normalized spacial score (nSPS) is 13.3. The molecule has 0 fully saturated rings. The average Bonchev–Trinajstić information content (AvgIpc) is 2.64. The predicted octanol–water partition coefficient (Wildman–Crippen LogP) is 2.48. The maximum Gasteiger partial charge on any atom is 0.251 e. The Hall–Kier alpha value is -0.540. The molecule has 1 aromatic rings. The van der Waals surface area contributed by atoms with Gasteiger partial charge in [0.15, 0.2) is 0 Å². The first kappa shape index (κ1) is 13.5. The smallest absolute Gasteiger partial charge is 0.206 e. The first-order valence-corrected chi connectivity index (χ1v) is 7.41. The number of terminal acetylenes is 1. The predicted molar refractivity (Wildman–Crippen MR) is 67.2 cm³/mol. The van der Waals surface area contributed by atoms with Crippen LogP contribution in [0.25, 0.3) is 0 Å². The van der Waals surface area contributed by atoms with Gasteiger partial charge in [0.2, 0.25) is 0 Å². The van der Waals surface area contributed by atoms with E-state index >= 15 is 0 Å². The fourth-order valence-corrected chi connectivity index (χ4v) is 3.84. The molecule has 0 aliphatic rings. The van der Waals surface area contributed by atoms with Crippen LogP contribution in [0.1, 0.15) is 19.8 Å². The molecule has 1 N–H and O–H groups in total. The van der Waals surface area contributed by atoms with Gasteiger partial charge in [0.25, 0.3) is 10.0 Å². The third kappa shape index (κ3) is 3.49. The molecule has 0 saturated carbocycles. The van der Waals surface area contributed by atoms with Gasteiger partial charge in [-0.25, -0.2) is 8.42 Å². The highest BCUT2D eigenvalue weighted by Gasteiger charge is 2.19. The molecule has 0 aromatic carbocycles. The molecule has 3 nitrogen and oxygen atoms in total. The number of rotatable bonds is 5. The Bertz CT molecular complexity index is 487. The molecule has 1 atom stereocenters. The number of hydrogen-bond donors (Lipinski definition) is 1. The van der Waals surface area contributed by atoms with E-state index in [9.17, 15) is 8.42 Å². The summed E-state index contributed by atoms with van der Waals surface area (Å²) < 4.78 is 26.8. The first-order valence-electron chi connectivity index (χ1n) is 4.73. The van der Waals surface area contributed by atoms with Gasteiger partial charge >= 0.3 is 0 Å². The second kappa shape index (κ2) is 5.69. The fourth-order valence-electron chi connectivity index (χ4n) is 1.15. The van der Waals surface area contributed by atoms with Crippen LogP contribution >= 0.6 is 22.9 Å². The van der Waals surface area contributed by atoms with Crippen LogP contribution in [0.3, 0.4) is 0 Å². The van der Waals surface area contributed by atoms with Crippen LogP contribution in [0.15, 0.2) is 16.3 Å². The zero-order valence-corrected chi connectivity index (χ0v) is 11.1. The SMILES string of the molecule is C#CC(CCC)NS(=O)(=O)c1ccc(Cl)s1. The summed E-state index contributed by atoms with van der Waals surface area (Å²) in [5.41, 5.74) is 0. The van der Waals surface area contributed by atoms with E-state index in [2.05, 4.69) is 10.6 Å². The maximum absolute atomic E-state index is 11.8. The summed E-state index contributed by atoms with van der Waals surface area (Å²) in [5.74, 6) is 2.42. The van der Waals surface area contributed by atoms with Crippen LogP contribution in [0.2, 0.25) is 4.34 Å². The van der Waals surface area contributed by atoms with E-state index < -0.39 is 16.1 Å². The van der Waals surface area contributed by atoms with Gasteiger partial charge in [0.05, 0.1) is 10.4 Å². The van der Waals surface area contributed by atoms with Crippen molar-refractivity contribution >= 4 is 33.0 Å². The molecular formula is C10H12ClNO2S2. The summed E-state index contributed by atoms with van der Waals surface area (Å²) in [5, 5.41) is 0. The summed E-state index contributed by atoms with van der Waals surface area (Å²) in [6.07, 6.45) is 6.69. The standard InChI is InChI=1S/C10H12ClNO2S2/c1-3-5-8(4-2)12-16(13,14)10-7-6-9(11)15-10/h2,6-8,12H,3,5H2,1H3. The lowest BCUT2D eigenvalue weighted by Gasteiger charge is -2.10. The fraction of sp³-hybridized carbons (Fsp3) is 0.400. The topological polar surface area (TPSA) is 46.2 Å². The molecule has 0 aliphatic carbocycles. The van der Waals surface area contributed by atoms with Gasteiger partial charge in [-0.1, -0.05) is 30.9 Å². The highest BCUT2D eigenvalue weighted by atomic mass is 35.5. The van der Waals surface area contributed by atoms with Crippen molar-refractivity contribution in [2.45, 2.75) is 30.0 Å². The van der Waals surface area contributed by atoms with Crippen LogP contribution in [0, 0.1) is 12.3 Å². The molecule has 88 valence electrons. The lowest BCUT2D eigenvalue weighted by molar-refractivity contribution is 0.566. The van der Waals surface area contributed by atoms with Crippen molar-refractivity contribution in [3.05, 3.63) is 16.5 Å². The van der Waals surface area contributed by atoms with Gasteiger partial charge in [-0.2, -0.15) is 4.72 Å². The Morgan fingerprint density at radius 2 is 2.31 bits per heavy atom. The van der Waals surface area contributed by atoms with Gasteiger partial charge in [-0.3, -0.25) is 0 Å². The van der Waals surface area contributed by atoms with Crippen LogP contribution in [-0.2, 0) is 10.0 Å². The first-order chi connectivity index (χ1) is 7.49. The second-order valence-corrected chi connectivity index (χ2v) is 6.84. The Morgan fingerprint density at radius 3 is 2.75 bits per heavy atom.